The second-order valence-electron chi connectivity index (χ2n) is 6.14. The SMILES string of the molecule is Cc1ccc(S(=O)(=O)N2C[C@H]3[C@@H](O)C[C@@]3(C)C2)cc1. The molecule has 1 aromatic carbocycles. The van der Waals surface area contributed by atoms with Crippen LogP contribution in [0.3, 0.4) is 0 Å². The smallest absolute Gasteiger partial charge is 0.243 e. The van der Waals surface area contributed by atoms with E-state index in [1.165, 1.54) is 4.31 Å². The molecule has 1 heterocycles. The van der Waals surface area contributed by atoms with Crippen LogP contribution in [0.25, 0.3) is 0 Å². The maximum absolute atomic E-state index is 12.6. The molecule has 0 aromatic heterocycles. The van der Waals surface area contributed by atoms with Gasteiger partial charge < -0.3 is 5.11 Å². The van der Waals surface area contributed by atoms with E-state index in [4.69, 9.17) is 0 Å². The Labute approximate surface area is 114 Å². The molecule has 1 N–H and O–H groups in total. The average Bonchev–Trinajstić information content (AvgIpc) is 2.62. The van der Waals surface area contributed by atoms with Crippen molar-refractivity contribution in [2.45, 2.75) is 31.3 Å². The van der Waals surface area contributed by atoms with Gasteiger partial charge in [-0.2, -0.15) is 4.31 Å². The Balaban J connectivity index is 1.88. The van der Waals surface area contributed by atoms with Crippen LogP contribution in [-0.2, 0) is 10.0 Å². The van der Waals surface area contributed by atoms with Gasteiger partial charge in [-0.05, 0) is 30.9 Å². The van der Waals surface area contributed by atoms with Gasteiger partial charge in [-0.15, -0.1) is 0 Å². The summed E-state index contributed by atoms with van der Waals surface area (Å²) >= 11 is 0. The Bertz CT molecular complexity index is 596. The summed E-state index contributed by atoms with van der Waals surface area (Å²) in [6.07, 6.45) is 0.362. The van der Waals surface area contributed by atoms with Gasteiger partial charge in [0, 0.05) is 19.0 Å². The van der Waals surface area contributed by atoms with Crippen molar-refractivity contribution in [2.24, 2.45) is 11.3 Å². The summed E-state index contributed by atoms with van der Waals surface area (Å²) < 4.78 is 26.6. The number of fused-ring (bicyclic) bond motifs is 1. The molecule has 0 spiro atoms. The van der Waals surface area contributed by atoms with E-state index in [1.54, 1.807) is 12.1 Å². The topological polar surface area (TPSA) is 57.6 Å². The van der Waals surface area contributed by atoms with Crippen molar-refractivity contribution in [2.75, 3.05) is 13.1 Å². The lowest BCUT2D eigenvalue weighted by Gasteiger charge is -2.45. The molecule has 2 fully saturated rings. The van der Waals surface area contributed by atoms with E-state index in [-0.39, 0.29) is 17.4 Å². The molecule has 1 aromatic rings. The van der Waals surface area contributed by atoms with E-state index in [2.05, 4.69) is 6.92 Å². The first-order valence-electron chi connectivity index (χ1n) is 6.58. The predicted molar refractivity (Wildman–Crippen MR) is 72.2 cm³/mol. The zero-order valence-electron chi connectivity index (χ0n) is 11.2. The molecule has 0 unspecified atom stereocenters. The summed E-state index contributed by atoms with van der Waals surface area (Å²) in [6.45, 7) is 4.96. The Kier molecular flexibility index (Phi) is 2.78. The third kappa shape index (κ3) is 1.91. The molecule has 1 aliphatic carbocycles. The second-order valence-corrected chi connectivity index (χ2v) is 8.08. The molecule has 3 rings (SSSR count). The van der Waals surface area contributed by atoms with Crippen molar-refractivity contribution in [1.29, 1.82) is 0 Å². The van der Waals surface area contributed by atoms with Crippen molar-refractivity contribution >= 4 is 10.0 Å². The third-order valence-electron chi connectivity index (χ3n) is 4.63. The molecular weight excluding hydrogens is 262 g/mol. The van der Waals surface area contributed by atoms with E-state index in [9.17, 15) is 13.5 Å². The summed E-state index contributed by atoms with van der Waals surface area (Å²) in [6, 6.07) is 6.94. The van der Waals surface area contributed by atoms with E-state index in [1.807, 2.05) is 19.1 Å². The Morgan fingerprint density at radius 2 is 1.95 bits per heavy atom. The zero-order chi connectivity index (χ0) is 13.8. The van der Waals surface area contributed by atoms with Gasteiger partial charge in [-0.1, -0.05) is 24.6 Å². The average molecular weight is 281 g/mol. The summed E-state index contributed by atoms with van der Waals surface area (Å²) in [7, 11) is -3.42. The van der Waals surface area contributed by atoms with E-state index >= 15 is 0 Å². The highest BCUT2D eigenvalue weighted by atomic mass is 32.2. The van der Waals surface area contributed by atoms with Gasteiger partial charge in [-0.25, -0.2) is 8.42 Å². The van der Waals surface area contributed by atoms with Crippen LogP contribution in [-0.4, -0.2) is 37.0 Å². The van der Waals surface area contributed by atoms with Gasteiger partial charge >= 0.3 is 0 Å². The first kappa shape index (κ1) is 13.1. The number of aliphatic hydroxyl groups is 1. The molecule has 1 saturated heterocycles. The minimum Gasteiger partial charge on any atom is -0.393 e. The van der Waals surface area contributed by atoms with Crippen molar-refractivity contribution in [3.63, 3.8) is 0 Å². The van der Waals surface area contributed by atoms with Crippen LogP contribution in [0.15, 0.2) is 29.2 Å². The van der Waals surface area contributed by atoms with Crippen LogP contribution in [0.4, 0.5) is 0 Å². The maximum Gasteiger partial charge on any atom is 0.243 e. The predicted octanol–water partition coefficient (Wildman–Crippen LogP) is 1.39. The molecule has 1 saturated carbocycles. The Morgan fingerprint density at radius 1 is 1.32 bits per heavy atom. The van der Waals surface area contributed by atoms with Crippen molar-refractivity contribution in [3.05, 3.63) is 29.8 Å². The van der Waals surface area contributed by atoms with Crippen molar-refractivity contribution < 1.29 is 13.5 Å². The minimum atomic E-state index is -3.42. The number of sulfonamides is 1. The molecule has 19 heavy (non-hydrogen) atoms. The second kappa shape index (κ2) is 4.04. The molecular formula is C14H19NO3S. The number of aryl methyl sites for hydroxylation is 1. The summed E-state index contributed by atoms with van der Waals surface area (Å²) in [5.74, 6) is 0.0905. The molecule has 4 nitrogen and oxygen atoms in total. The lowest BCUT2D eigenvalue weighted by Crippen LogP contribution is -2.48. The fraction of sp³-hybridized carbons (Fsp3) is 0.571. The largest absolute Gasteiger partial charge is 0.393 e. The van der Waals surface area contributed by atoms with E-state index < -0.39 is 10.0 Å². The van der Waals surface area contributed by atoms with Crippen molar-refractivity contribution in [1.82, 2.24) is 4.31 Å². The summed E-state index contributed by atoms with van der Waals surface area (Å²) in [4.78, 5) is 0.345. The molecule has 5 heteroatoms. The van der Waals surface area contributed by atoms with Crippen LogP contribution >= 0.6 is 0 Å². The highest BCUT2D eigenvalue weighted by Gasteiger charge is 2.57. The van der Waals surface area contributed by atoms with Gasteiger partial charge in [0.1, 0.15) is 0 Å². The third-order valence-corrected chi connectivity index (χ3v) is 6.46. The number of hydrogen-bond donors (Lipinski definition) is 1. The molecule has 0 radical (unpaired) electrons. The van der Waals surface area contributed by atoms with Crippen LogP contribution in [0.2, 0.25) is 0 Å². The molecule has 2 aliphatic rings. The Morgan fingerprint density at radius 3 is 2.47 bits per heavy atom. The standard InChI is InChI=1S/C14H19NO3S/c1-10-3-5-11(6-4-10)19(17,18)15-8-12-13(16)7-14(12,2)9-15/h3-6,12-13,16H,7-9H2,1-2H3/t12-,13-,14-/m0/s1. The van der Waals surface area contributed by atoms with Crippen LogP contribution in [0.1, 0.15) is 18.9 Å². The summed E-state index contributed by atoms with van der Waals surface area (Å²) in [5, 5.41) is 9.75. The number of benzene rings is 1. The molecule has 3 atom stereocenters. The minimum absolute atomic E-state index is 0.0445. The number of hydrogen-bond acceptors (Lipinski definition) is 3. The van der Waals surface area contributed by atoms with Gasteiger partial charge in [-0.3, -0.25) is 0 Å². The molecule has 1 aliphatic heterocycles. The number of aliphatic hydroxyl groups excluding tert-OH is 1. The molecule has 0 bridgehead atoms. The van der Waals surface area contributed by atoms with E-state index in [0.29, 0.717) is 24.4 Å². The van der Waals surface area contributed by atoms with Crippen LogP contribution < -0.4 is 0 Å². The van der Waals surface area contributed by atoms with Crippen LogP contribution in [0, 0.1) is 18.3 Å². The first-order chi connectivity index (χ1) is 8.83. The normalized spacial score (nSPS) is 34.9. The monoisotopic (exact) mass is 281 g/mol. The molecule has 104 valence electrons. The summed E-state index contributed by atoms with van der Waals surface area (Å²) in [5.41, 5.74) is 1.000. The highest BCUT2D eigenvalue weighted by molar-refractivity contribution is 7.89. The first-order valence-corrected chi connectivity index (χ1v) is 8.02. The highest BCUT2D eigenvalue weighted by Crippen LogP contribution is 2.52. The van der Waals surface area contributed by atoms with Gasteiger partial charge in [0.2, 0.25) is 10.0 Å². The van der Waals surface area contributed by atoms with Gasteiger partial charge in [0.15, 0.2) is 0 Å². The van der Waals surface area contributed by atoms with Gasteiger partial charge in [0.05, 0.1) is 11.0 Å². The Hall–Kier alpha value is -0.910. The van der Waals surface area contributed by atoms with Crippen LogP contribution in [0.5, 0.6) is 0 Å². The zero-order valence-corrected chi connectivity index (χ0v) is 12.0. The van der Waals surface area contributed by atoms with Crippen molar-refractivity contribution in [3.8, 4) is 0 Å². The van der Waals surface area contributed by atoms with Gasteiger partial charge in [0.25, 0.3) is 0 Å². The lowest BCUT2D eigenvalue weighted by molar-refractivity contribution is -0.0639. The maximum atomic E-state index is 12.6. The number of rotatable bonds is 2. The quantitative estimate of drug-likeness (QED) is 0.891. The fourth-order valence-electron chi connectivity index (χ4n) is 3.33. The lowest BCUT2D eigenvalue weighted by atomic mass is 9.61. The number of nitrogens with zero attached hydrogens (tertiary/aromatic N) is 1. The molecule has 0 amide bonds. The fourth-order valence-corrected chi connectivity index (χ4v) is 4.93. The van der Waals surface area contributed by atoms with E-state index in [0.717, 1.165) is 5.56 Å².